The first-order valence-corrected chi connectivity index (χ1v) is 8.30. The van der Waals surface area contributed by atoms with Crippen molar-refractivity contribution in [2.45, 2.75) is 25.8 Å². The van der Waals surface area contributed by atoms with E-state index in [0.717, 1.165) is 25.9 Å². The van der Waals surface area contributed by atoms with Crippen molar-refractivity contribution in [2.75, 3.05) is 18.4 Å². The standard InChI is InChI=1S/C17H20N6O2/c1-11-12(10-20-22-11)3-2-6-19-17-7-13(9-18)15-8-14(23(24)25)4-5-16(15)21-17/h4-5,7-8,11-12,20,22H,2-3,6,10H2,1H3,(H,19,21). The molecule has 1 aromatic heterocycles. The summed E-state index contributed by atoms with van der Waals surface area (Å²) >= 11 is 0. The van der Waals surface area contributed by atoms with E-state index in [1.165, 1.54) is 12.1 Å². The molecule has 0 bridgehead atoms. The Morgan fingerprint density at radius 2 is 2.32 bits per heavy atom. The second kappa shape index (κ2) is 7.42. The maximum absolute atomic E-state index is 10.9. The van der Waals surface area contributed by atoms with Gasteiger partial charge in [0.05, 0.1) is 22.1 Å². The Morgan fingerprint density at radius 1 is 1.48 bits per heavy atom. The minimum atomic E-state index is -0.472. The summed E-state index contributed by atoms with van der Waals surface area (Å²) in [6.07, 6.45) is 2.10. The van der Waals surface area contributed by atoms with E-state index in [2.05, 4.69) is 34.1 Å². The Balaban J connectivity index is 1.68. The first-order chi connectivity index (χ1) is 12.1. The summed E-state index contributed by atoms with van der Waals surface area (Å²) in [5.74, 6) is 1.23. The molecule has 1 aromatic carbocycles. The molecule has 0 spiro atoms. The number of pyridine rings is 1. The minimum absolute atomic E-state index is 0.0422. The lowest BCUT2D eigenvalue weighted by Gasteiger charge is -2.14. The predicted octanol–water partition coefficient (Wildman–Crippen LogP) is 2.32. The normalized spacial score (nSPS) is 19.7. The van der Waals surface area contributed by atoms with Gasteiger partial charge >= 0.3 is 0 Å². The van der Waals surface area contributed by atoms with Crippen LogP contribution in [0.25, 0.3) is 10.9 Å². The Bertz CT molecular complexity index is 832. The molecule has 2 atom stereocenters. The first kappa shape index (κ1) is 17.1. The van der Waals surface area contributed by atoms with Gasteiger partial charge < -0.3 is 5.32 Å². The first-order valence-electron chi connectivity index (χ1n) is 8.30. The van der Waals surface area contributed by atoms with E-state index in [1.807, 2.05) is 0 Å². The van der Waals surface area contributed by atoms with Gasteiger partial charge in [-0.3, -0.25) is 21.0 Å². The largest absolute Gasteiger partial charge is 0.370 e. The maximum atomic E-state index is 10.9. The molecule has 1 saturated heterocycles. The number of nitrogens with zero attached hydrogens (tertiary/aromatic N) is 3. The van der Waals surface area contributed by atoms with Crippen LogP contribution in [0.3, 0.4) is 0 Å². The molecule has 1 fully saturated rings. The highest BCUT2D eigenvalue weighted by Crippen LogP contribution is 2.25. The number of nitro groups is 1. The number of nitro benzene ring substituents is 1. The van der Waals surface area contributed by atoms with Crippen molar-refractivity contribution in [3.8, 4) is 6.07 Å². The van der Waals surface area contributed by atoms with Gasteiger partial charge in [-0.1, -0.05) is 0 Å². The van der Waals surface area contributed by atoms with Crippen LogP contribution in [-0.4, -0.2) is 29.0 Å². The van der Waals surface area contributed by atoms with Gasteiger partial charge in [-0.25, -0.2) is 4.98 Å². The monoisotopic (exact) mass is 340 g/mol. The summed E-state index contributed by atoms with van der Waals surface area (Å²) in [7, 11) is 0. The molecule has 1 aliphatic rings. The summed E-state index contributed by atoms with van der Waals surface area (Å²) in [6, 6.07) is 8.60. The van der Waals surface area contributed by atoms with Gasteiger partial charge in [0.2, 0.25) is 0 Å². The van der Waals surface area contributed by atoms with Crippen LogP contribution in [0.15, 0.2) is 24.3 Å². The number of anilines is 1. The molecule has 1 aliphatic heterocycles. The highest BCUT2D eigenvalue weighted by Gasteiger charge is 2.21. The minimum Gasteiger partial charge on any atom is -0.370 e. The smallest absolute Gasteiger partial charge is 0.270 e. The van der Waals surface area contributed by atoms with Gasteiger partial charge in [-0.05, 0) is 37.8 Å². The van der Waals surface area contributed by atoms with E-state index in [4.69, 9.17) is 0 Å². The second-order valence-electron chi connectivity index (χ2n) is 6.27. The van der Waals surface area contributed by atoms with E-state index >= 15 is 0 Å². The van der Waals surface area contributed by atoms with Crippen molar-refractivity contribution >= 4 is 22.4 Å². The quantitative estimate of drug-likeness (QED) is 0.420. The van der Waals surface area contributed by atoms with Crippen molar-refractivity contribution in [3.63, 3.8) is 0 Å². The zero-order chi connectivity index (χ0) is 17.8. The van der Waals surface area contributed by atoms with Crippen LogP contribution in [0.4, 0.5) is 11.5 Å². The predicted molar refractivity (Wildman–Crippen MR) is 94.9 cm³/mol. The van der Waals surface area contributed by atoms with Crippen LogP contribution < -0.4 is 16.2 Å². The SMILES string of the molecule is CC1NNCC1CCCNc1cc(C#N)c2cc([N+](=O)[O-])ccc2n1. The summed E-state index contributed by atoms with van der Waals surface area (Å²) < 4.78 is 0. The number of hydrogen-bond donors (Lipinski definition) is 3. The molecular formula is C17H20N6O2. The van der Waals surface area contributed by atoms with Crippen LogP contribution in [0.2, 0.25) is 0 Å². The number of hydrazine groups is 1. The average Bonchev–Trinajstić information content (AvgIpc) is 3.02. The number of non-ortho nitro benzene ring substituents is 1. The number of benzene rings is 1. The molecule has 0 radical (unpaired) electrons. The van der Waals surface area contributed by atoms with E-state index < -0.39 is 4.92 Å². The van der Waals surface area contributed by atoms with Crippen LogP contribution in [0.5, 0.6) is 0 Å². The summed E-state index contributed by atoms with van der Waals surface area (Å²) in [5.41, 5.74) is 7.29. The molecule has 0 aliphatic carbocycles. The topological polar surface area (TPSA) is 116 Å². The van der Waals surface area contributed by atoms with Crippen LogP contribution >= 0.6 is 0 Å². The molecule has 2 heterocycles. The molecular weight excluding hydrogens is 320 g/mol. The fraction of sp³-hybridized carbons (Fsp3) is 0.412. The molecule has 3 rings (SSSR count). The molecule has 8 nitrogen and oxygen atoms in total. The van der Waals surface area contributed by atoms with E-state index in [1.54, 1.807) is 12.1 Å². The van der Waals surface area contributed by atoms with Crippen LogP contribution in [0.1, 0.15) is 25.3 Å². The summed E-state index contributed by atoms with van der Waals surface area (Å²) in [5, 5.41) is 24.0. The number of aromatic nitrogens is 1. The van der Waals surface area contributed by atoms with Crippen LogP contribution in [-0.2, 0) is 0 Å². The van der Waals surface area contributed by atoms with Crippen LogP contribution in [0, 0.1) is 27.4 Å². The van der Waals surface area contributed by atoms with E-state index in [-0.39, 0.29) is 5.69 Å². The van der Waals surface area contributed by atoms with Crippen molar-refractivity contribution in [1.82, 2.24) is 15.8 Å². The highest BCUT2D eigenvalue weighted by atomic mass is 16.6. The Morgan fingerprint density at radius 3 is 3.00 bits per heavy atom. The number of fused-ring (bicyclic) bond motifs is 1. The van der Waals surface area contributed by atoms with Gasteiger partial charge in [-0.2, -0.15) is 5.26 Å². The molecule has 3 N–H and O–H groups in total. The average molecular weight is 340 g/mol. The molecule has 130 valence electrons. The lowest BCUT2D eigenvalue weighted by Crippen LogP contribution is -2.28. The zero-order valence-corrected chi connectivity index (χ0v) is 14.0. The van der Waals surface area contributed by atoms with Crippen molar-refractivity contribution < 1.29 is 4.92 Å². The van der Waals surface area contributed by atoms with E-state index in [0.29, 0.717) is 34.2 Å². The van der Waals surface area contributed by atoms with Crippen molar-refractivity contribution in [3.05, 3.63) is 39.9 Å². The third-order valence-electron chi connectivity index (χ3n) is 4.58. The lowest BCUT2D eigenvalue weighted by atomic mass is 9.98. The van der Waals surface area contributed by atoms with Gasteiger partial charge in [0.1, 0.15) is 5.82 Å². The van der Waals surface area contributed by atoms with Gasteiger partial charge in [0.15, 0.2) is 0 Å². The Labute approximate surface area is 145 Å². The third-order valence-corrected chi connectivity index (χ3v) is 4.58. The number of nitrogens with one attached hydrogen (secondary N) is 3. The molecule has 2 unspecified atom stereocenters. The molecule has 0 saturated carbocycles. The molecule has 0 amide bonds. The maximum Gasteiger partial charge on any atom is 0.270 e. The Kier molecular flexibility index (Phi) is 5.07. The number of nitriles is 1. The second-order valence-corrected chi connectivity index (χ2v) is 6.27. The highest BCUT2D eigenvalue weighted by molar-refractivity contribution is 5.88. The van der Waals surface area contributed by atoms with Crippen molar-refractivity contribution in [1.29, 1.82) is 5.26 Å². The summed E-state index contributed by atoms with van der Waals surface area (Å²) in [6.45, 7) is 3.91. The molecule has 2 aromatic rings. The number of rotatable bonds is 6. The molecule has 25 heavy (non-hydrogen) atoms. The fourth-order valence-corrected chi connectivity index (χ4v) is 3.09. The fourth-order valence-electron chi connectivity index (χ4n) is 3.09. The number of hydrogen-bond acceptors (Lipinski definition) is 7. The zero-order valence-electron chi connectivity index (χ0n) is 14.0. The summed E-state index contributed by atoms with van der Waals surface area (Å²) in [4.78, 5) is 14.9. The van der Waals surface area contributed by atoms with Gasteiger partial charge in [-0.15, -0.1) is 0 Å². The van der Waals surface area contributed by atoms with Gasteiger partial charge in [0.25, 0.3) is 5.69 Å². The van der Waals surface area contributed by atoms with Crippen molar-refractivity contribution in [2.24, 2.45) is 5.92 Å². The van der Waals surface area contributed by atoms with E-state index in [9.17, 15) is 15.4 Å². The third kappa shape index (κ3) is 3.84. The molecule has 8 heteroatoms. The Hall–Kier alpha value is -2.76. The lowest BCUT2D eigenvalue weighted by molar-refractivity contribution is -0.384. The van der Waals surface area contributed by atoms with Gasteiger partial charge in [0, 0.05) is 36.7 Å².